The average molecular weight is 339 g/mol. The molecule has 2 unspecified atom stereocenters. The van der Waals surface area contributed by atoms with Crippen LogP contribution in [0.3, 0.4) is 0 Å². The standard InChI is InChI=1S/C11H16ClIN2/c1-2-8-5-3-4-6-10(8)15-7-9(12)11(13)14-15/h7-8,10H,2-6H2,1H3. The first-order valence-corrected chi connectivity index (χ1v) is 7.08. The summed E-state index contributed by atoms with van der Waals surface area (Å²) < 4.78 is 3.02. The maximum atomic E-state index is 6.05. The maximum Gasteiger partial charge on any atom is 0.141 e. The normalized spacial score (nSPS) is 26.9. The third kappa shape index (κ3) is 2.49. The lowest BCUT2D eigenvalue weighted by Crippen LogP contribution is -2.23. The Bertz CT molecular complexity index is 318. The summed E-state index contributed by atoms with van der Waals surface area (Å²) >= 11 is 8.25. The molecule has 0 amide bonds. The van der Waals surface area contributed by atoms with E-state index in [0.29, 0.717) is 6.04 Å². The Morgan fingerprint density at radius 1 is 1.53 bits per heavy atom. The van der Waals surface area contributed by atoms with Crippen molar-refractivity contribution in [2.75, 3.05) is 0 Å². The molecule has 15 heavy (non-hydrogen) atoms. The molecule has 0 N–H and O–H groups in total. The number of hydrogen-bond acceptors (Lipinski definition) is 1. The molecule has 1 saturated carbocycles. The molecular formula is C11H16ClIN2. The summed E-state index contributed by atoms with van der Waals surface area (Å²) in [6, 6.07) is 0.574. The molecule has 4 heteroatoms. The first-order chi connectivity index (χ1) is 7.22. The number of aromatic nitrogens is 2. The van der Waals surface area contributed by atoms with Crippen LogP contribution in [-0.2, 0) is 0 Å². The van der Waals surface area contributed by atoms with Crippen molar-refractivity contribution in [3.8, 4) is 0 Å². The van der Waals surface area contributed by atoms with Gasteiger partial charge in [0, 0.05) is 6.20 Å². The molecule has 1 heterocycles. The van der Waals surface area contributed by atoms with Crippen LogP contribution in [0.15, 0.2) is 6.20 Å². The Kier molecular flexibility index (Phi) is 3.93. The van der Waals surface area contributed by atoms with Crippen LogP contribution < -0.4 is 0 Å². The van der Waals surface area contributed by atoms with Gasteiger partial charge in [-0.2, -0.15) is 5.10 Å². The summed E-state index contributed by atoms with van der Waals surface area (Å²) in [5, 5.41) is 5.29. The fraction of sp³-hybridized carbons (Fsp3) is 0.727. The Balaban J connectivity index is 2.20. The Morgan fingerprint density at radius 3 is 2.87 bits per heavy atom. The second kappa shape index (κ2) is 5.04. The molecule has 2 rings (SSSR count). The van der Waals surface area contributed by atoms with Crippen molar-refractivity contribution in [3.05, 3.63) is 14.9 Å². The van der Waals surface area contributed by atoms with E-state index in [1.54, 1.807) is 0 Å². The molecule has 1 aromatic rings. The molecule has 1 aromatic heterocycles. The van der Waals surface area contributed by atoms with Gasteiger partial charge in [0.05, 0.1) is 11.1 Å². The largest absolute Gasteiger partial charge is 0.267 e. The van der Waals surface area contributed by atoms with Crippen LogP contribution in [0.4, 0.5) is 0 Å². The number of hydrogen-bond donors (Lipinski definition) is 0. The van der Waals surface area contributed by atoms with E-state index in [-0.39, 0.29) is 0 Å². The minimum absolute atomic E-state index is 0.574. The highest BCUT2D eigenvalue weighted by Crippen LogP contribution is 2.36. The molecule has 2 nitrogen and oxygen atoms in total. The fourth-order valence-corrected chi connectivity index (χ4v) is 3.06. The van der Waals surface area contributed by atoms with E-state index in [1.807, 2.05) is 6.20 Å². The van der Waals surface area contributed by atoms with Gasteiger partial charge < -0.3 is 0 Å². The van der Waals surface area contributed by atoms with Crippen molar-refractivity contribution in [3.63, 3.8) is 0 Å². The van der Waals surface area contributed by atoms with Crippen molar-refractivity contribution in [2.24, 2.45) is 5.92 Å². The molecule has 0 bridgehead atoms. The summed E-state index contributed by atoms with van der Waals surface area (Å²) in [7, 11) is 0. The summed E-state index contributed by atoms with van der Waals surface area (Å²) in [4.78, 5) is 0. The molecule has 1 aliphatic rings. The first-order valence-electron chi connectivity index (χ1n) is 5.62. The molecule has 0 radical (unpaired) electrons. The zero-order chi connectivity index (χ0) is 10.8. The maximum absolute atomic E-state index is 6.05. The van der Waals surface area contributed by atoms with E-state index in [1.165, 1.54) is 32.1 Å². The van der Waals surface area contributed by atoms with Gasteiger partial charge in [-0.3, -0.25) is 4.68 Å². The Labute approximate surface area is 110 Å². The van der Waals surface area contributed by atoms with Crippen LogP contribution in [0.2, 0.25) is 5.02 Å². The fourth-order valence-electron chi connectivity index (χ4n) is 2.53. The van der Waals surface area contributed by atoms with Gasteiger partial charge in [-0.1, -0.05) is 37.8 Å². The predicted molar refractivity (Wildman–Crippen MR) is 71.2 cm³/mol. The van der Waals surface area contributed by atoms with Crippen molar-refractivity contribution < 1.29 is 0 Å². The third-order valence-corrected chi connectivity index (χ3v) is 4.77. The van der Waals surface area contributed by atoms with Gasteiger partial charge in [0.15, 0.2) is 0 Å². The van der Waals surface area contributed by atoms with E-state index in [4.69, 9.17) is 11.6 Å². The highest BCUT2D eigenvalue weighted by molar-refractivity contribution is 14.1. The molecule has 2 atom stereocenters. The number of halogens is 2. The quantitative estimate of drug-likeness (QED) is 0.736. The molecule has 0 aliphatic heterocycles. The van der Waals surface area contributed by atoms with Gasteiger partial charge in [0.2, 0.25) is 0 Å². The van der Waals surface area contributed by atoms with Crippen LogP contribution in [0.1, 0.15) is 45.1 Å². The molecule has 84 valence electrons. The van der Waals surface area contributed by atoms with Crippen molar-refractivity contribution in [1.82, 2.24) is 9.78 Å². The Hall–Kier alpha value is 0.230. The highest BCUT2D eigenvalue weighted by atomic mass is 127. The van der Waals surface area contributed by atoms with E-state index < -0.39 is 0 Å². The summed E-state index contributed by atoms with van der Waals surface area (Å²) in [5.41, 5.74) is 0. The van der Waals surface area contributed by atoms with E-state index in [2.05, 4.69) is 39.3 Å². The molecule has 0 saturated heterocycles. The van der Waals surface area contributed by atoms with Gasteiger partial charge >= 0.3 is 0 Å². The number of nitrogens with zero attached hydrogens (tertiary/aromatic N) is 2. The minimum atomic E-state index is 0.574. The second-order valence-electron chi connectivity index (χ2n) is 4.27. The topological polar surface area (TPSA) is 17.8 Å². The van der Waals surface area contributed by atoms with Crippen LogP contribution in [0.25, 0.3) is 0 Å². The van der Waals surface area contributed by atoms with E-state index in [9.17, 15) is 0 Å². The third-order valence-electron chi connectivity index (χ3n) is 3.38. The average Bonchev–Trinajstić information content (AvgIpc) is 2.59. The van der Waals surface area contributed by atoms with Crippen molar-refractivity contribution in [2.45, 2.75) is 45.1 Å². The van der Waals surface area contributed by atoms with Crippen LogP contribution >= 0.6 is 34.2 Å². The lowest BCUT2D eigenvalue weighted by Gasteiger charge is -2.30. The molecular weight excluding hydrogens is 322 g/mol. The molecule has 1 aliphatic carbocycles. The van der Waals surface area contributed by atoms with Crippen LogP contribution in [0.5, 0.6) is 0 Å². The summed E-state index contributed by atoms with van der Waals surface area (Å²) in [6.45, 7) is 2.28. The second-order valence-corrected chi connectivity index (χ2v) is 5.70. The van der Waals surface area contributed by atoms with Crippen LogP contribution in [-0.4, -0.2) is 9.78 Å². The zero-order valence-corrected chi connectivity index (χ0v) is 11.8. The van der Waals surface area contributed by atoms with Crippen LogP contribution in [0, 0.1) is 9.62 Å². The van der Waals surface area contributed by atoms with Gasteiger partial charge in [-0.05, 0) is 41.4 Å². The Morgan fingerprint density at radius 2 is 2.27 bits per heavy atom. The van der Waals surface area contributed by atoms with Gasteiger partial charge in [-0.25, -0.2) is 0 Å². The molecule has 1 fully saturated rings. The highest BCUT2D eigenvalue weighted by Gasteiger charge is 2.26. The lowest BCUT2D eigenvalue weighted by molar-refractivity contribution is 0.217. The van der Waals surface area contributed by atoms with E-state index in [0.717, 1.165) is 14.6 Å². The lowest BCUT2D eigenvalue weighted by atomic mass is 9.83. The van der Waals surface area contributed by atoms with Gasteiger partial charge in [0.25, 0.3) is 0 Å². The molecule has 0 aromatic carbocycles. The zero-order valence-electron chi connectivity index (χ0n) is 8.92. The number of rotatable bonds is 2. The smallest absolute Gasteiger partial charge is 0.141 e. The SMILES string of the molecule is CCC1CCCCC1n1cc(Cl)c(I)n1. The van der Waals surface area contributed by atoms with Crippen molar-refractivity contribution >= 4 is 34.2 Å². The van der Waals surface area contributed by atoms with Gasteiger partial charge in [-0.15, -0.1) is 0 Å². The predicted octanol–water partition coefficient (Wildman–Crippen LogP) is 4.28. The summed E-state index contributed by atoms with van der Waals surface area (Å²) in [6.07, 6.45) is 8.54. The minimum Gasteiger partial charge on any atom is -0.267 e. The monoisotopic (exact) mass is 338 g/mol. The first kappa shape index (κ1) is 11.7. The summed E-state index contributed by atoms with van der Waals surface area (Å²) in [5.74, 6) is 0.783. The van der Waals surface area contributed by atoms with Crippen molar-refractivity contribution in [1.29, 1.82) is 0 Å². The van der Waals surface area contributed by atoms with E-state index >= 15 is 0 Å². The molecule has 0 spiro atoms. The van der Waals surface area contributed by atoms with Gasteiger partial charge in [0.1, 0.15) is 3.70 Å².